The van der Waals surface area contributed by atoms with Crippen LogP contribution in [0.15, 0.2) is 64.8 Å². The van der Waals surface area contributed by atoms with E-state index in [4.69, 9.17) is 4.52 Å². The van der Waals surface area contributed by atoms with Crippen molar-refractivity contribution in [1.29, 1.82) is 0 Å². The maximum absolute atomic E-state index is 13.7. The molecule has 2 aromatic heterocycles. The summed E-state index contributed by atoms with van der Waals surface area (Å²) in [6.07, 6.45) is -1.14. The van der Waals surface area contributed by atoms with E-state index in [9.17, 15) is 18.0 Å². The van der Waals surface area contributed by atoms with Crippen molar-refractivity contribution in [2.45, 2.75) is 30.5 Å². The Morgan fingerprint density at radius 3 is 2.39 bits per heavy atom. The summed E-state index contributed by atoms with van der Waals surface area (Å²) in [5, 5.41) is 4.16. The highest BCUT2D eigenvalue weighted by Crippen LogP contribution is 2.52. The highest BCUT2D eigenvalue weighted by molar-refractivity contribution is 14.1. The third kappa shape index (κ3) is 4.30. The van der Waals surface area contributed by atoms with Crippen LogP contribution in [0.25, 0.3) is 6.08 Å². The van der Waals surface area contributed by atoms with Gasteiger partial charge in [0.25, 0.3) is 0 Å². The molecule has 1 aromatic carbocycles. The lowest BCUT2D eigenvalue weighted by atomic mass is 9.74. The largest absolute Gasteiger partial charge is 0.416 e. The van der Waals surface area contributed by atoms with Gasteiger partial charge in [0.1, 0.15) is 9.31 Å². The van der Waals surface area contributed by atoms with E-state index >= 15 is 0 Å². The second kappa shape index (κ2) is 8.27. The van der Waals surface area contributed by atoms with E-state index in [0.717, 1.165) is 12.1 Å². The molecule has 4 rings (SSSR count). The predicted octanol–water partition coefficient (Wildman–Crippen LogP) is 6.18. The summed E-state index contributed by atoms with van der Waals surface area (Å²) >= 11 is 2.13. The summed E-state index contributed by atoms with van der Waals surface area (Å²) in [6, 6.07) is 12.0. The van der Waals surface area contributed by atoms with Crippen LogP contribution in [0.4, 0.5) is 19.0 Å². The normalized spacial score (nSPS) is 22.1. The van der Waals surface area contributed by atoms with Gasteiger partial charge in [-0.25, -0.2) is 0 Å². The monoisotopic (exact) mass is 567 g/mol. The number of halogens is 4. The Morgan fingerprint density at radius 1 is 1.15 bits per heavy atom. The number of carbonyl (C=O) groups is 1. The van der Waals surface area contributed by atoms with Gasteiger partial charge in [0, 0.05) is 29.8 Å². The fourth-order valence-electron chi connectivity index (χ4n) is 3.92. The molecule has 1 aliphatic rings. The van der Waals surface area contributed by atoms with Crippen LogP contribution >= 0.6 is 22.6 Å². The third-order valence-electron chi connectivity index (χ3n) is 5.61. The van der Waals surface area contributed by atoms with Gasteiger partial charge in [0.15, 0.2) is 11.6 Å². The zero-order valence-corrected chi connectivity index (χ0v) is 20.3. The first kappa shape index (κ1) is 23.5. The van der Waals surface area contributed by atoms with Crippen LogP contribution in [0.1, 0.15) is 36.4 Å². The lowest BCUT2D eigenvalue weighted by Gasteiger charge is -2.50. The molecule has 0 aliphatic carbocycles. The first-order chi connectivity index (χ1) is 15.4. The number of piperidine rings is 1. The zero-order valence-electron chi connectivity index (χ0n) is 18.2. The summed E-state index contributed by atoms with van der Waals surface area (Å²) < 4.78 is 43.8. The average Bonchev–Trinajstić information content (AvgIpc) is 3.20. The minimum atomic E-state index is -4.46. The van der Waals surface area contributed by atoms with Gasteiger partial charge in [-0.2, -0.15) is 13.2 Å². The highest BCUT2D eigenvalue weighted by atomic mass is 127. The molecule has 0 bridgehead atoms. The number of nitrogens with zero attached hydrogens (tertiary/aromatic N) is 3. The second-order valence-corrected chi connectivity index (χ2v) is 10.2. The number of benzene rings is 1. The minimum Gasteiger partial charge on any atom is -0.360 e. The molecule has 0 amide bonds. The predicted molar refractivity (Wildman–Crippen MR) is 127 cm³/mol. The molecular formula is C24H21F3IN3O2. The molecule has 1 atom stereocenters. The molecule has 0 spiro atoms. The fraction of sp³-hybridized carbons (Fsp3) is 0.292. The highest BCUT2D eigenvalue weighted by Gasteiger charge is 2.53. The number of carbonyl (C=O) groups excluding carboxylic acids is 1. The molecule has 172 valence electrons. The number of anilines is 1. The summed E-state index contributed by atoms with van der Waals surface area (Å²) in [5.41, 5.74) is -0.0505. The maximum atomic E-state index is 13.7. The number of Topliss-reactive ketones (excluding diaryl/α,β-unsaturated/α-hetero) is 1. The molecule has 33 heavy (non-hydrogen) atoms. The fourth-order valence-corrected chi connectivity index (χ4v) is 5.10. The van der Waals surface area contributed by atoms with E-state index in [1.165, 1.54) is 12.1 Å². The molecule has 1 unspecified atom stereocenters. The summed E-state index contributed by atoms with van der Waals surface area (Å²) in [7, 11) is 0. The number of hydrogen-bond acceptors (Lipinski definition) is 5. The van der Waals surface area contributed by atoms with Crippen LogP contribution in [-0.4, -0.2) is 22.5 Å². The van der Waals surface area contributed by atoms with E-state index in [0.29, 0.717) is 35.0 Å². The molecule has 3 heterocycles. The Bertz CT molecular complexity index is 1200. The van der Waals surface area contributed by atoms with Gasteiger partial charge in [-0.15, -0.1) is 0 Å². The van der Waals surface area contributed by atoms with E-state index in [-0.39, 0.29) is 5.78 Å². The molecule has 5 nitrogen and oxygen atoms in total. The number of ketones is 1. The van der Waals surface area contributed by atoms with E-state index < -0.39 is 20.7 Å². The van der Waals surface area contributed by atoms with Crippen molar-refractivity contribution in [2.24, 2.45) is 5.41 Å². The van der Waals surface area contributed by atoms with Crippen molar-refractivity contribution in [3.8, 4) is 0 Å². The van der Waals surface area contributed by atoms with Crippen LogP contribution in [0, 0.1) is 12.3 Å². The van der Waals surface area contributed by atoms with Gasteiger partial charge >= 0.3 is 6.18 Å². The van der Waals surface area contributed by atoms with Gasteiger partial charge in [-0.05, 0) is 65.4 Å². The van der Waals surface area contributed by atoms with Gasteiger partial charge in [0.05, 0.1) is 11.3 Å². The van der Waals surface area contributed by atoms with Gasteiger partial charge in [0.2, 0.25) is 0 Å². The lowest BCUT2D eigenvalue weighted by molar-refractivity contribution is -0.137. The number of pyridine rings is 1. The Morgan fingerprint density at radius 2 is 1.85 bits per heavy atom. The summed E-state index contributed by atoms with van der Waals surface area (Å²) in [4.78, 5) is 19.9. The number of aromatic nitrogens is 2. The number of alkyl halides is 4. The summed E-state index contributed by atoms with van der Waals surface area (Å²) in [5.74, 6) is 0.967. The van der Waals surface area contributed by atoms with Gasteiger partial charge in [-0.1, -0.05) is 37.2 Å². The number of hydrogen-bond donors (Lipinski definition) is 0. The molecule has 0 saturated carbocycles. The standard InChI is InChI=1S/C24H21F3IN3O2/c1-15-12-20(30-33-15)31-14-22(2,3)21(32)19(13-18-6-4-5-11-29-18)23(31,28)16-7-9-17(10-8-16)24(25,26)27/h4-13H,14H2,1-3H3. The molecule has 1 fully saturated rings. The minimum absolute atomic E-state index is 0.112. The topological polar surface area (TPSA) is 59.2 Å². The van der Waals surface area contributed by atoms with E-state index in [1.807, 2.05) is 24.8 Å². The van der Waals surface area contributed by atoms with Crippen molar-refractivity contribution in [1.82, 2.24) is 10.1 Å². The first-order valence-corrected chi connectivity index (χ1v) is 11.3. The second-order valence-electron chi connectivity index (χ2n) is 8.60. The Balaban J connectivity index is 1.96. The van der Waals surface area contributed by atoms with Crippen LogP contribution < -0.4 is 4.90 Å². The Hall–Kier alpha value is -2.69. The molecule has 3 aromatic rings. The van der Waals surface area contributed by atoms with Crippen molar-refractivity contribution in [2.75, 3.05) is 11.4 Å². The van der Waals surface area contributed by atoms with Crippen LogP contribution in [0.2, 0.25) is 0 Å². The van der Waals surface area contributed by atoms with Crippen molar-refractivity contribution >= 4 is 40.3 Å². The molecule has 9 heteroatoms. The molecule has 1 saturated heterocycles. The third-order valence-corrected chi connectivity index (χ3v) is 7.39. The van der Waals surface area contributed by atoms with Crippen LogP contribution in [-0.2, 0) is 14.5 Å². The Labute approximate surface area is 202 Å². The molecule has 0 N–H and O–H groups in total. The molecule has 0 radical (unpaired) electrons. The van der Waals surface area contributed by atoms with Crippen molar-refractivity contribution in [3.63, 3.8) is 0 Å². The molecule has 1 aliphatic heterocycles. The number of aryl methyl sites for hydroxylation is 1. The lowest BCUT2D eigenvalue weighted by Crippen LogP contribution is -2.57. The van der Waals surface area contributed by atoms with Gasteiger partial charge in [-0.3, -0.25) is 9.78 Å². The zero-order chi connectivity index (χ0) is 24.0. The van der Waals surface area contributed by atoms with Gasteiger partial charge < -0.3 is 9.42 Å². The molecular weight excluding hydrogens is 546 g/mol. The van der Waals surface area contributed by atoms with Crippen molar-refractivity contribution in [3.05, 3.63) is 82.9 Å². The van der Waals surface area contributed by atoms with Crippen LogP contribution in [0.5, 0.6) is 0 Å². The Kier molecular flexibility index (Phi) is 5.88. The SMILES string of the molecule is Cc1cc(N2CC(C)(C)C(=O)C(=Cc3ccccn3)C2(I)c2ccc(C(F)(F)F)cc2)no1. The summed E-state index contributed by atoms with van der Waals surface area (Å²) in [6.45, 7) is 5.73. The number of rotatable bonds is 3. The average molecular weight is 567 g/mol. The quantitative estimate of drug-likeness (QED) is 0.164. The smallest absolute Gasteiger partial charge is 0.360 e. The van der Waals surface area contributed by atoms with E-state index in [2.05, 4.69) is 32.7 Å². The van der Waals surface area contributed by atoms with E-state index in [1.54, 1.807) is 37.4 Å². The maximum Gasteiger partial charge on any atom is 0.416 e. The first-order valence-electron chi connectivity index (χ1n) is 10.2. The van der Waals surface area contributed by atoms with Crippen molar-refractivity contribution < 1.29 is 22.5 Å². The van der Waals surface area contributed by atoms with Crippen LogP contribution in [0.3, 0.4) is 0 Å².